The average molecular weight is 277 g/mol. The van der Waals surface area contributed by atoms with Crippen LogP contribution in [-0.2, 0) is 0 Å². The molecule has 0 aliphatic carbocycles. The fourth-order valence-corrected chi connectivity index (χ4v) is 2.05. The van der Waals surface area contributed by atoms with Gasteiger partial charge in [0.2, 0.25) is 0 Å². The van der Waals surface area contributed by atoms with Crippen LogP contribution in [0.1, 0.15) is 0 Å². The second-order valence-electron chi connectivity index (χ2n) is 4.40. The Morgan fingerprint density at radius 1 is 1.14 bits per heavy atom. The number of ether oxygens (including phenoxy) is 1. The van der Waals surface area contributed by atoms with Crippen LogP contribution in [0.2, 0.25) is 0 Å². The molecule has 5 nitrogen and oxygen atoms in total. The zero-order valence-corrected chi connectivity index (χ0v) is 11.0. The standard InChI is InChI=1S/C16H11N3O2/c17-9-10-21-12-7-5-11(6-8-12)15-18-14-4-2-1-3-13(14)16(20)19-15/h1-8H,10H2,(H,18,19,20). The second kappa shape index (κ2) is 5.47. The summed E-state index contributed by atoms with van der Waals surface area (Å²) in [5.74, 6) is 1.11. The van der Waals surface area contributed by atoms with E-state index >= 15 is 0 Å². The van der Waals surface area contributed by atoms with Gasteiger partial charge in [0.1, 0.15) is 17.6 Å². The van der Waals surface area contributed by atoms with E-state index in [1.54, 1.807) is 42.5 Å². The number of aromatic amines is 1. The number of rotatable bonds is 3. The third-order valence-corrected chi connectivity index (χ3v) is 3.04. The number of hydrogen-bond donors (Lipinski definition) is 1. The molecule has 3 aromatic rings. The minimum absolute atomic E-state index is 0.00437. The fraction of sp³-hybridized carbons (Fsp3) is 0.0625. The lowest BCUT2D eigenvalue weighted by atomic mass is 10.2. The van der Waals surface area contributed by atoms with Crippen molar-refractivity contribution < 1.29 is 4.74 Å². The Bertz CT molecular complexity index is 876. The molecule has 0 amide bonds. The van der Waals surface area contributed by atoms with Gasteiger partial charge in [0.15, 0.2) is 6.61 Å². The van der Waals surface area contributed by atoms with Gasteiger partial charge in [0, 0.05) is 5.56 Å². The van der Waals surface area contributed by atoms with Crippen molar-refractivity contribution in [3.8, 4) is 23.2 Å². The molecule has 0 fully saturated rings. The van der Waals surface area contributed by atoms with Gasteiger partial charge in [-0.25, -0.2) is 4.98 Å². The highest BCUT2D eigenvalue weighted by atomic mass is 16.5. The summed E-state index contributed by atoms with van der Waals surface area (Å²) >= 11 is 0. The number of H-pyrrole nitrogens is 1. The largest absolute Gasteiger partial charge is 0.479 e. The summed E-state index contributed by atoms with van der Waals surface area (Å²) in [6.45, 7) is 0.00437. The van der Waals surface area contributed by atoms with Crippen LogP contribution in [-0.4, -0.2) is 16.6 Å². The first-order valence-corrected chi connectivity index (χ1v) is 6.37. The summed E-state index contributed by atoms with van der Waals surface area (Å²) in [6, 6.07) is 16.2. The first-order chi connectivity index (χ1) is 10.3. The summed E-state index contributed by atoms with van der Waals surface area (Å²) in [5.41, 5.74) is 1.27. The second-order valence-corrected chi connectivity index (χ2v) is 4.40. The monoisotopic (exact) mass is 277 g/mol. The fourth-order valence-electron chi connectivity index (χ4n) is 2.05. The van der Waals surface area contributed by atoms with Crippen molar-refractivity contribution in [1.82, 2.24) is 9.97 Å². The predicted octanol–water partition coefficient (Wildman–Crippen LogP) is 2.49. The van der Waals surface area contributed by atoms with Crippen molar-refractivity contribution in [2.75, 3.05) is 6.61 Å². The van der Waals surface area contributed by atoms with Crippen molar-refractivity contribution in [3.05, 3.63) is 58.9 Å². The van der Waals surface area contributed by atoms with Gasteiger partial charge in [0.05, 0.1) is 10.9 Å². The lowest BCUT2D eigenvalue weighted by Gasteiger charge is -2.05. The smallest absolute Gasteiger partial charge is 0.259 e. The lowest BCUT2D eigenvalue weighted by molar-refractivity contribution is 0.368. The lowest BCUT2D eigenvalue weighted by Crippen LogP contribution is -2.09. The van der Waals surface area contributed by atoms with E-state index in [2.05, 4.69) is 9.97 Å². The van der Waals surface area contributed by atoms with Crippen molar-refractivity contribution >= 4 is 10.9 Å². The van der Waals surface area contributed by atoms with Gasteiger partial charge in [-0.15, -0.1) is 0 Å². The van der Waals surface area contributed by atoms with Gasteiger partial charge in [-0.2, -0.15) is 5.26 Å². The summed E-state index contributed by atoms with van der Waals surface area (Å²) in [7, 11) is 0. The molecule has 3 rings (SSSR count). The van der Waals surface area contributed by atoms with Gasteiger partial charge < -0.3 is 9.72 Å². The number of para-hydroxylation sites is 1. The molecular formula is C16H11N3O2. The Morgan fingerprint density at radius 2 is 1.90 bits per heavy atom. The molecule has 0 aliphatic heterocycles. The molecule has 0 atom stereocenters. The molecule has 1 heterocycles. The number of nitrogens with one attached hydrogen (secondary N) is 1. The van der Waals surface area contributed by atoms with Crippen molar-refractivity contribution in [2.45, 2.75) is 0 Å². The maximum atomic E-state index is 12.0. The molecule has 0 radical (unpaired) electrons. The summed E-state index contributed by atoms with van der Waals surface area (Å²) < 4.78 is 5.19. The van der Waals surface area contributed by atoms with Crippen LogP contribution in [0, 0.1) is 11.3 Å². The Hall–Kier alpha value is -3.13. The van der Waals surface area contributed by atoms with Gasteiger partial charge in [-0.1, -0.05) is 12.1 Å². The van der Waals surface area contributed by atoms with E-state index in [1.165, 1.54) is 0 Å². The molecule has 102 valence electrons. The predicted molar refractivity (Wildman–Crippen MR) is 78.9 cm³/mol. The number of benzene rings is 2. The Kier molecular flexibility index (Phi) is 3.36. The van der Waals surface area contributed by atoms with Gasteiger partial charge in [0.25, 0.3) is 5.56 Å². The number of nitrogens with zero attached hydrogens (tertiary/aromatic N) is 2. The zero-order valence-electron chi connectivity index (χ0n) is 11.0. The van der Waals surface area contributed by atoms with Gasteiger partial charge in [-0.3, -0.25) is 4.79 Å². The quantitative estimate of drug-likeness (QED) is 0.797. The highest BCUT2D eigenvalue weighted by Crippen LogP contribution is 2.20. The molecule has 0 unspecified atom stereocenters. The SMILES string of the molecule is N#CCOc1ccc(-c2nc3ccccc3c(=O)[nH]2)cc1. The van der Waals surface area contributed by atoms with Crippen LogP contribution in [0.4, 0.5) is 0 Å². The normalized spacial score (nSPS) is 10.2. The molecule has 0 spiro atoms. The first kappa shape index (κ1) is 12.9. The van der Waals surface area contributed by atoms with Crippen LogP contribution in [0.15, 0.2) is 53.3 Å². The molecule has 5 heteroatoms. The van der Waals surface area contributed by atoms with Crippen LogP contribution < -0.4 is 10.3 Å². The number of aromatic nitrogens is 2. The third-order valence-electron chi connectivity index (χ3n) is 3.04. The molecule has 0 saturated carbocycles. The zero-order chi connectivity index (χ0) is 14.7. The summed E-state index contributed by atoms with van der Waals surface area (Å²) in [5, 5.41) is 9.03. The number of nitriles is 1. The molecular weight excluding hydrogens is 266 g/mol. The molecule has 1 N–H and O–H groups in total. The first-order valence-electron chi connectivity index (χ1n) is 6.37. The molecule has 1 aromatic heterocycles. The summed E-state index contributed by atoms with van der Waals surface area (Å²) in [4.78, 5) is 19.2. The van der Waals surface area contributed by atoms with Crippen molar-refractivity contribution in [1.29, 1.82) is 5.26 Å². The molecule has 0 aliphatic rings. The van der Waals surface area contributed by atoms with E-state index in [9.17, 15) is 4.79 Å². The highest BCUT2D eigenvalue weighted by Gasteiger charge is 2.05. The molecule has 21 heavy (non-hydrogen) atoms. The third kappa shape index (κ3) is 2.60. The molecule has 2 aromatic carbocycles. The van der Waals surface area contributed by atoms with Crippen LogP contribution in [0.5, 0.6) is 5.75 Å². The number of fused-ring (bicyclic) bond motifs is 1. The summed E-state index contributed by atoms with van der Waals surface area (Å²) in [6.07, 6.45) is 0. The van der Waals surface area contributed by atoms with Crippen LogP contribution in [0.25, 0.3) is 22.3 Å². The van der Waals surface area contributed by atoms with E-state index in [0.717, 1.165) is 5.56 Å². The van der Waals surface area contributed by atoms with Gasteiger partial charge >= 0.3 is 0 Å². The molecule has 0 saturated heterocycles. The van der Waals surface area contributed by atoms with Crippen molar-refractivity contribution in [2.24, 2.45) is 0 Å². The van der Waals surface area contributed by atoms with E-state index in [-0.39, 0.29) is 12.2 Å². The van der Waals surface area contributed by atoms with Crippen LogP contribution >= 0.6 is 0 Å². The van der Waals surface area contributed by atoms with E-state index < -0.39 is 0 Å². The van der Waals surface area contributed by atoms with E-state index in [1.807, 2.05) is 12.1 Å². The maximum absolute atomic E-state index is 12.0. The van der Waals surface area contributed by atoms with Crippen molar-refractivity contribution in [3.63, 3.8) is 0 Å². The maximum Gasteiger partial charge on any atom is 0.259 e. The van der Waals surface area contributed by atoms with E-state index in [4.69, 9.17) is 10.00 Å². The Morgan fingerprint density at radius 3 is 2.67 bits per heavy atom. The molecule has 0 bridgehead atoms. The Balaban J connectivity index is 2.00. The average Bonchev–Trinajstić information content (AvgIpc) is 2.53. The van der Waals surface area contributed by atoms with Crippen LogP contribution in [0.3, 0.4) is 0 Å². The minimum Gasteiger partial charge on any atom is -0.479 e. The van der Waals surface area contributed by atoms with E-state index in [0.29, 0.717) is 22.5 Å². The number of hydrogen-bond acceptors (Lipinski definition) is 4. The Labute approximate surface area is 120 Å². The minimum atomic E-state index is -0.166. The van der Waals surface area contributed by atoms with Gasteiger partial charge in [-0.05, 0) is 36.4 Å². The highest BCUT2D eigenvalue weighted by molar-refractivity contribution is 5.79. The topological polar surface area (TPSA) is 78.8 Å².